The molecule has 0 atom stereocenters. The van der Waals surface area contributed by atoms with Gasteiger partial charge in [0.25, 0.3) is 5.56 Å². The molecule has 0 radical (unpaired) electrons. The molecule has 0 saturated carbocycles. The summed E-state index contributed by atoms with van der Waals surface area (Å²) in [5, 5.41) is 0. The van der Waals surface area contributed by atoms with Crippen LogP contribution < -0.4 is 10.5 Å². The first-order valence-corrected chi connectivity index (χ1v) is 4.44. The third-order valence-electron chi connectivity index (χ3n) is 2.23. The van der Waals surface area contributed by atoms with Gasteiger partial charge in [-0.25, -0.2) is 0 Å². The van der Waals surface area contributed by atoms with Crippen LogP contribution >= 0.6 is 0 Å². The average Bonchev–Trinajstić information content (AvgIpc) is 2.09. The van der Waals surface area contributed by atoms with Gasteiger partial charge in [0, 0.05) is 32.9 Å². The van der Waals surface area contributed by atoms with Crippen LogP contribution in [0, 0.1) is 0 Å². The highest BCUT2D eigenvalue weighted by atomic mass is 16.1. The summed E-state index contributed by atoms with van der Waals surface area (Å²) in [5.74, 6) is 0. The van der Waals surface area contributed by atoms with E-state index in [4.69, 9.17) is 0 Å². The lowest BCUT2D eigenvalue weighted by molar-refractivity contribution is 0.777. The molecule has 0 aliphatic rings. The van der Waals surface area contributed by atoms with Crippen LogP contribution in [-0.4, -0.2) is 18.7 Å². The predicted octanol–water partition coefficient (Wildman–Crippen LogP) is 1.01. The van der Waals surface area contributed by atoms with Gasteiger partial charge in [-0.15, -0.1) is 0 Å². The minimum atomic E-state index is 0.0578. The fourth-order valence-corrected chi connectivity index (χ4v) is 1.49. The molecule has 0 fully saturated rings. The molecule has 1 aromatic rings. The molecule has 1 aromatic heterocycles. The normalized spacial score (nSPS) is 10.2. The highest BCUT2D eigenvalue weighted by Crippen LogP contribution is 2.15. The first-order valence-electron chi connectivity index (χ1n) is 4.44. The molecule has 0 spiro atoms. The van der Waals surface area contributed by atoms with Crippen molar-refractivity contribution in [1.29, 1.82) is 0 Å². The van der Waals surface area contributed by atoms with E-state index in [0.29, 0.717) is 0 Å². The largest absolute Gasteiger partial charge is 0.376 e. The first kappa shape index (κ1) is 9.84. The first-order chi connectivity index (χ1) is 6.07. The van der Waals surface area contributed by atoms with Gasteiger partial charge in [0.15, 0.2) is 0 Å². The Balaban J connectivity index is 3.38. The lowest BCUT2D eigenvalue weighted by atomic mass is 10.2. The zero-order valence-electron chi connectivity index (χ0n) is 8.66. The van der Waals surface area contributed by atoms with E-state index in [0.717, 1.165) is 17.8 Å². The second-order valence-corrected chi connectivity index (χ2v) is 3.31. The average molecular weight is 180 g/mol. The molecule has 0 aromatic carbocycles. The van der Waals surface area contributed by atoms with Gasteiger partial charge in [0.05, 0.1) is 5.69 Å². The molecule has 0 aliphatic carbocycles. The lowest BCUT2D eigenvalue weighted by Crippen LogP contribution is -2.23. The van der Waals surface area contributed by atoms with Crippen molar-refractivity contribution in [3.05, 3.63) is 28.2 Å². The Kier molecular flexibility index (Phi) is 2.76. The predicted molar refractivity (Wildman–Crippen MR) is 55.4 cm³/mol. The number of hydrogen-bond donors (Lipinski definition) is 0. The second kappa shape index (κ2) is 3.64. The van der Waals surface area contributed by atoms with Gasteiger partial charge in [-0.3, -0.25) is 4.79 Å². The van der Waals surface area contributed by atoms with Crippen LogP contribution in [0.4, 0.5) is 5.69 Å². The standard InChI is InChI=1S/C10H16N2O/c1-5-8-9(11(2)3)6-7-10(13)12(8)4/h6-7H,5H2,1-4H3. The highest BCUT2D eigenvalue weighted by Gasteiger charge is 2.06. The smallest absolute Gasteiger partial charge is 0.250 e. The number of hydrogen-bond acceptors (Lipinski definition) is 2. The van der Waals surface area contributed by atoms with Gasteiger partial charge in [-0.2, -0.15) is 0 Å². The zero-order chi connectivity index (χ0) is 10.0. The topological polar surface area (TPSA) is 25.2 Å². The molecule has 0 amide bonds. The summed E-state index contributed by atoms with van der Waals surface area (Å²) in [7, 11) is 5.78. The van der Waals surface area contributed by atoms with E-state index in [1.807, 2.05) is 32.1 Å². The molecule has 0 unspecified atom stereocenters. The number of pyridine rings is 1. The van der Waals surface area contributed by atoms with E-state index < -0.39 is 0 Å². The maximum Gasteiger partial charge on any atom is 0.250 e. The summed E-state index contributed by atoms with van der Waals surface area (Å²) in [5.41, 5.74) is 2.25. The van der Waals surface area contributed by atoms with E-state index in [2.05, 4.69) is 6.92 Å². The van der Waals surface area contributed by atoms with Gasteiger partial charge < -0.3 is 9.47 Å². The summed E-state index contributed by atoms with van der Waals surface area (Å²) in [6.07, 6.45) is 0.875. The van der Waals surface area contributed by atoms with E-state index in [1.54, 1.807) is 10.6 Å². The Labute approximate surface area is 78.6 Å². The summed E-state index contributed by atoms with van der Waals surface area (Å²) in [6, 6.07) is 3.48. The van der Waals surface area contributed by atoms with Crippen LogP contribution in [0.3, 0.4) is 0 Å². The summed E-state index contributed by atoms with van der Waals surface area (Å²) in [6.45, 7) is 2.06. The Hall–Kier alpha value is -1.25. The Bertz CT molecular complexity index is 352. The van der Waals surface area contributed by atoms with E-state index >= 15 is 0 Å². The van der Waals surface area contributed by atoms with Crippen molar-refractivity contribution in [2.45, 2.75) is 13.3 Å². The molecule has 0 saturated heterocycles. The zero-order valence-corrected chi connectivity index (χ0v) is 8.66. The van der Waals surface area contributed by atoms with Crippen molar-refractivity contribution in [2.24, 2.45) is 7.05 Å². The van der Waals surface area contributed by atoms with E-state index in [-0.39, 0.29) is 5.56 Å². The molecular weight excluding hydrogens is 164 g/mol. The van der Waals surface area contributed by atoms with Gasteiger partial charge in [0.1, 0.15) is 0 Å². The SMILES string of the molecule is CCc1c(N(C)C)ccc(=O)n1C. The Morgan fingerprint density at radius 2 is 2.00 bits per heavy atom. The maximum absolute atomic E-state index is 11.3. The number of aromatic nitrogens is 1. The third-order valence-corrected chi connectivity index (χ3v) is 2.23. The van der Waals surface area contributed by atoms with Crippen molar-refractivity contribution in [2.75, 3.05) is 19.0 Å². The molecule has 3 nitrogen and oxygen atoms in total. The molecule has 0 aliphatic heterocycles. The lowest BCUT2D eigenvalue weighted by Gasteiger charge is -2.18. The summed E-state index contributed by atoms with van der Waals surface area (Å²) in [4.78, 5) is 13.3. The summed E-state index contributed by atoms with van der Waals surface area (Å²) < 4.78 is 1.70. The van der Waals surface area contributed by atoms with Crippen molar-refractivity contribution in [3.8, 4) is 0 Å². The van der Waals surface area contributed by atoms with Crippen molar-refractivity contribution in [1.82, 2.24) is 4.57 Å². The Morgan fingerprint density at radius 3 is 2.46 bits per heavy atom. The van der Waals surface area contributed by atoms with Crippen LogP contribution in [0.5, 0.6) is 0 Å². The molecule has 0 bridgehead atoms. The molecule has 3 heteroatoms. The number of anilines is 1. The minimum absolute atomic E-state index is 0.0578. The molecular formula is C10H16N2O. The third kappa shape index (κ3) is 1.74. The quantitative estimate of drug-likeness (QED) is 0.678. The fraction of sp³-hybridized carbons (Fsp3) is 0.500. The van der Waals surface area contributed by atoms with Crippen molar-refractivity contribution < 1.29 is 0 Å². The molecule has 13 heavy (non-hydrogen) atoms. The van der Waals surface area contributed by atoms with Crippen LogP contribution in [0.25, 0.3) is 0 Å². The highest BCUT2D eigenvalue weighted by molar-refractivity contribution is 5.49. The maximum atomic E-state index is 11.3. The number of rotatable bonds is 2. The van der Waals surface area contributed by atoms with E-state index in [1.165, 1.54) is 0 Å². The second-order valence-electron chi connectivity index (χ2n) is 3.31. The summed E-state index contributed by atoms with van der Waals surface area (Å²) >= 11 is 0. The van der Waals surface area contributed by atoms with Crippen LogP contribution in [-0.2, 0) is 13.5 Å². The minimum Gasteiger partial charge on any atom is -0.376 e. The molecule has 1 heterocycles. The molecule has 72 valence electrons. The van der Waals surface area contributed by atoms with Crippen molar-refractivity contribution in [3.63, 3.8) is 0 Å². The molecule has 0 N–H and O–H groups in total. The number of nitrogens with zero attached hydrogens (tertiary/aromatic N) is 2. The van der Waals surface area contributed by atoms with Gasteiger partial charge in [0.2, 0.25) is 0 Å². The van der Waals surface area contributed by atoms with Gasteiger partial charge in [-0.05, 0) is 12.5 Å². The molecule has 1 rings (SSSR count). The monoisotopic (exact) mass is 180 g/mol. The van der Waals surface area contributed by atoms with Gasteiger partial charge >= 0.3 is 0 Å². The Morgan fingerprint density at radius 1 is 1.38 bits per heavy atom. The van der Waals surface area contributed by atoms with Gasteiger partial charge in [-0.1, -0.05) is 6.92 Å². The van der Waals surface area contributed by atoms with Crippen LogP contribution in [0.15, 0.2) is 16.9 Å². The van der Waals surface area contributed by atoms with E-state index in [9.17, 15) is 4.79 Å². The van der Waals surface area contributed by atoms with Crippen LogP contribution in [0.2, 0.25) is 0 Å². The van der Waals surface area contributed by atoms with Crippen molar-refractivity contribution >= 4 is 5.69 Å². The fourth-order valence-electron chi connectivity index (χ4n) is 1.49. The van der Waals surface area contributed by atoms with Crippen LogP contribution in [0.1, 0.15) is 12.6 Å².